The highest BCUT2D eigenvalue weighted by molar-refractivity contribution is 7.18. The number of esters is 3. The van der Waals surface area contributed by atoms with Crippen molar-refractivity contribution < 1.29 is 28.6 Å². The molecule has 0 bridgehead atoms. The Bertz CT molecular complexity index is 825. The van der Waals surface area contributed by atoms with E-state index in [9.17, 15) is 14.4 Å². The third-order valence-electron chi connectivity index (χ3n) is 3.74. The monoisotopic (exact) mass is 377 g/mol. The van der Waals surface area contributed by atoms with Gasteiger partial charge in [0.15, 0.2) is 0 Å². The highest BCUT2D eigenvalue weighted by Gasteiger charge is 2.28. The molecule has 1 aromatic heterocycles. The fourth-order valence-electron chi connectivity index (χ4n) is 2.30. The van der Waals surface area contributed by atoms with Gasteiger partial charge in [-0.05, 0) is 24.1 Å². The van der Waals surface area contributed by atoms with Gasteiger partial charge in [0, 0.05) is 5.56 Å². The van der Waals surface area contributed by atoms with Gasteiger partial charge in [-0.15, -0.1) is 11.3 Å². The number of rotatable bonds is 6. The molecule has 1 aromatic carbocycles. The van der Waals surface area contributed by atoms with Crippen LogP contribution < -0.4 is 5.73 Å². The fraction of sp³-hybridized carbons (Fsp3) is 0.278. The van der Waals surface area contributed by atoms with Gasteiger partial charge in [0.05, 0.1) is 19.8 Å². The number of ether oxygens (including phenoxy) is 3. The van der Waals surface area contributed by atoms with Crippen molar-refractivity contribution in [2.24, 2.45) is 0 Å². The van der Waals surface area contributed by atoms with Crippen molar-refractivity contribution in [2.45, 2.75) is 20.0 Å². The highest BCUT2D eigenvalue weighted by atomic mass is 32.1. The molecule has 0 aliphatic heterocycles. The predicted octanol–water partition coefficient (Wildman–Crippen LogP) is 2.82. The number of benzene rings is 1. The Hall–Kier alpha value is -2.87. The maximum Gasteiger partial charge on any atom is 0.348 e. The van der Waals surface area contributed by atoms with Crippen LogP contribution in [0.4, 0.5) is 5.00 Å². The van der Waals surface area contributed by atoms with Gasteiger partial charge in [-0.3, -0.25) is 0 Å². The van der Waals surface area contributed by atoms with E-state index in [4.69, 9.17) is 19.9 Å². The molecule has 0 unspecified atom stereocenters. The topological polar surface area (TPSA) is 105 Å². The summed E-state index contributed by atoms with van der Waals surface area (Å²) in [6.07, 6.45) is 0.856. The number of thiophene rings is 1. The molecule has 0 saturated carbocycles. The second-order valence-corrected chi connectivity index (χ2v) is 6.31. The number of hydrogen-bond donors (Lipinski definition) is 1. The van der Waals surface area contributed by atoms with Crippen LogP contribution in [0.15, 0.2) is 24.3 Å². The Labute approximate surface area is 154 Å². The second-order valence-electron chi connectivity index (χ2n) is 5.26. The van der Waals surface area contributed by atoms with Crippen LogP contribution in [0.3, 0.4) is 0 Å². The summed E-state index contributed by atoms with van der Waals surface area (Å²) in [7, 11) is 2.41. The molecule has 0 aliphatic carbocycles. The lowest BCUT2D eigenvalue weighted by atomic mass is 10.1. The van der Waals surface area contributed by atoms with Gasteiger partial charge < -0.3 is 19.9 Å². The molecule has 8 heteroatoms. The van der Waals surface area contributed by atoms with E-state index in [0.717, 1.165) is 23.3 Å². The standard InChI is InChI=1S/C18H19NO6S/c1-4-10-5-7-11(8-6-10)16(20)25-9-12-13(17(21)23-2)15(19)26-14(12)18(22)24-3/h5-8H,4,9,19H2,1-3H3. The smallest absolute Gasteiger partial charge is 0.348 e. The van der Waals surface area contributed by atoms with E-state index in [-0.39, 0.29) is 27.6 Å². The molecule has 2 N–H and O–H groups in total. The van der Waals surface area contributed by atoms with Crippen molar-refractivity contribution >= 4 is 34.2 Å². The van der Waals surface area contributed by atoms with Crippen LogP contribution in [0, 0.1) is 0 Å². The summed E-state index contributed by atoms with van der Waals surface area (Å²) in [5, 5.41) is 0.0931. The lowest BCUT2D eigenvalue weighted by Crippen LogP contribution is -2.12. The zero-order chi connectivity index (χ0) is 19.3. The Morgan fingerprint density at radius 1 is 1.00 bits per heavy atom. The number of nitrogen functional groups attached to an aromatic ring is 1. The van der Waals surface area contributed by atoms with E-state index in [1.54, 1.807) is 12.1 Å². The summed E-state index contributed by atoms with van der Waals surface area (Å²) in [5.74, 6) is -1.97. The molecule has 0 atom stereocenters. The quantitative estimate of drug-likeness (QED) is 0.609. The Morgan fingerprint density at radius 2 is 1.62 bits per heavy atom. The minimum Gasteiger partial charge on any atom is -0.465 e. The number of aryl methyl sites for hydroxylation is 1. The van der Waals surface area contributed by atoms with Crippen LogP contribution in [-0.4, -0.2) is 32.1 Å². The molecule has 7 nitrogen and oxygen atoms in total. The van der Waals surface area contributed by atoms with Crippen molar-refractivity contribution in [3.63, 3.8) is 0 Å². The summed E-state index contributed by atoms with van der Waals surface area (Å²) in [4.78, 5) is 36.3. The summed E-state index contributed by atoms with van der Waals surface area (Å²) in [6.45, 7) is 1.70. The Morgan fingerprint density at radius 3 is 2.15 bits per heavy atom. The SMILES string of the molecule is CCc1ccc(C(=O)OCc2c(C(=O)OC)sc(N)c2C(=O)OC)cc1. The first-order valence-electron chi connectivity index (χ1n) is 7.76. The van der Waals surface area contributed by atoms with Crippen LogP contribution in [-0.2, 0) is 27.2 Å². The van der Waals surface area contributed by atoms with Gasteiger partial charge in [-0.2, -0.15) is 0 Å². The number of carbonyl (C=O) groups excluding carboxylic acids is 3. The summed E-state index contributed by atoms with van der Waals surface area (Å²) >= 11 is 0.881. The average molecular weight is 377 g/mol. The minimum atomic E-state index is -0.716. The highest BCUT2D eigenvalue weighted by Crippen LogP contribution is 2.33. The van der Waals surface area contributed by atoms with E-state index in [0.29, 0.717) is 5.56 Å². The van der Waals surface area contributed by atoms with Crippen molar-refractivity contribution in [1.29, 1.82) is 0 Å². The largest absolute Gasteiger partial charge is 0.465 e. The summed E-state index contributed by atoms with van der Waals surface area (Å²) in [6, 6.07) is 6.98. The van der Waals surface area contributed by atoms with Gasteiger partial charge in [-0.1, -0.05) is 19.1 Å². The van der Waals surface area contributed by atoms with Gasteiger partial charge in [0.1, 0.15) is 22.0 Å². The normalized spacial score (nSPS) is 10.3. The van der Waals surface area contributed by atoms with E-state index in [1.807, 2.05) is 19.1 Å². The van der Waals surface area contributed by atoms with Crippen LogP contribution >= 0.6 is 11.3 Å². The average Bonchev–Trinajstić information content (AvgIpc) is 3.01. The van der Waals surface area contributed by atoms with Crippen LogP contribution in [0.2, 0.25) is 0 Å². The molecule has 0 saturated heterocycles. The molecule has 0 amide bonds. The Balaban J connectivity index is 2.27. The molecule has 2 aromatic rings. The second kappa shape index (κ2) is 8.48. The van der Waals surface area contributed by atoms with E-state index < -0.39 is 17.9 Å². The van der Waals surface area contributed by atoms with Crippen molar-refractivity contribution in [1.82, 2.24) is 0 Å². The molecule has 1 heterocycles. The maximum atomic E-state index is 12.2. The lowest BCUT2D eigenvalue weighted by Gasteiger charge is -2.08. The van der Waals surface area contributed by atoms with Crippen LogP contribution in [0.1, 0.15) is 48.4 Å². The first-order valence-corrected chi connectivity index (χ1v) is 8.58. The number of carbonyl (C=O) groups is 3. The van der Waals surface area contributed by atoms with E-state index in [1.165, 1.54) is 14.2 Å². The summed E-state index contributed by atoms with van der Waals surface area (Å²) in [5.41, 5.74) is 7.46. The van der Waals surface area contributed by atoms with E-state index >= 15 is 0 Å². The first kappa shape index (κ1) is 19.5. The zero-order valence-electron chi connectivity index (χ0n) is 14.7. The van der Waals surface area contributed by atoms with Crippen molar-refractivity contribution in [3.05, 3.63) is 51.4 Å². The molecule has 138 valence electrons. The minimum absolute atomic E-state index is 0.00651. The molecule has 2 rings (SSSR count). The number of hydrogen-bond acceptors (Lipinski definition) is 8. The summed E-state index contributed by atoms with van der Waals surface area (Å²) < 4.78 is 14.7. The number of methoxy groups -OCH3 is 2. The lowest BCUT2D eigenvalue weighted by molar-refractivity contribution is 0.0452. The molecule has 0 radical (unpaired) electrons. The maximum absolute atomic E-state index is 12.2. The van der Waals surface area contributed by atoms with Gasteiger partial charge in [0.25, 0.3) is 0 Å². The molecule has 0 spiro atoms. The molecular weight excluding hydrogens is 358 g/mol. The fourth-order valence-corrected chi connectivity index (χ4v) is 3.28. The van der Waals surface area contributed by atoms with E-state index in [2.05, 4.69) is 0 Å². The predicted molar refractivity (Wildman–Crippen MR) is 96.3 cm³/mol. The third kappa shape index (κ3) is 4.02. The van der Waals surface area contributed by atoms with Crippen LogP contribution in [0.5, 0.6) is 0 Å². The van der Waals surface area contributed by atoms with Gasteiger partial charge in [-0.25, -0.2) is 14.4 Å². The third-order valence-corrected chi connectivity index (χ3v) is 4.78. The number of nitrogens with two attached hydrogens (primary N) is 1. The molecule has 26 heavy (non-hydrogen) atoms. The van der Waals surface area contributed by atoms with Crippen molar-refractivity contribution in [3.8, 4) is 0 Å². The van der Waals surface area contributed by atoms with Gasteiger partial charge >= 0.3 is 17.9 Å². The molecule has 0 fully saturated rings. The van der Waals surface area contributed by atoms with Gasteiger partial charge in [0.2, 0.25) is 0 Å². The Kier molecular flexibility index (Phi) is 6.35. The molecular formula is C18H19NO6S. The first-order chi connectivity index (χ1) is 12.4. The van der Waals surface area contributed by atoms with Crippen LogP contribution in [0.25, 0.3) is 0 Å². The number of anilines is 1. The molecule has 0 aliphatic rings. The zero-order valence-corrected chi connectivity index (χ0v) is 15.5. The van der Waals surface area contributed by atoms with Crippen molar-refractivity contribution in [2.75, 3.05) is 20.0 Å².